The second-order valence-corrected chi connectivity index (χ2v) is 5.89. The van der Waals surface area contributed by atoms with E-state index in [1.165, 1.54) is 11.9 Å². The van der Waals surface area contributed by atoms with Gasteiger partial charge in [-0.05, 0) is 31.5 Å². The molecule has 0 saturated heterocycles. The Bertz CT molecular complexity index is 847. The third-order valence-electron chi connectivity index (χ3n) is 3.87. The van der Waals surface area contributed by atoms with Crippen molar-refractivity contribution in [2.75, 3.05) is 5.32 Å². The zero-order valence-corrected chi connectivity index (χ0v) is 14.2. The predicted molar refractivity (Wildman–Crippen MR) is 98.8 cm³/mol. The molecule has 1 atom stereocenters. The summed E-state index contributed by atoms with van der Waals surface area (Å²) in [5.41, 5.74) is 3.46. The lowest BCUT2D eigenvalue weighted by Crippen LogP contribution is -2.27. The van der Waals surface area contributed by atoms with Crippen LogP contribution in [0.4, 0.5) is 11.5 Å². The molecule has 0 aliphatic rings. The van der Waals surface area contributed by atoms with Gasteiger partial charge in [-0.15, -0.1) is 0 Å². The van der Waals surface area contributed by atoms with Crippen LogP contribution in [0.2, 0.25) is 0 Å². The molecule has 1 aromatic heterocycles. The second-order valence-electron chi connectivity index (χ2n) is 5.89. The van der Waals surface area contributed by atoms with Gasteiger partial charge in [0.05, 0.1) is 6.04 Å². The zero-order chi connectivity index (χ0) is 17.6. The fourth-order valence-corrected chi connectivity index (χ4v) is 2.43. The van der Waals surface area contributed by atoms with Crippen molar-refractivity contribution >= 4 is 17.4 Å². The molecule has 0 spiro atoms. The van der Waals surface area contributed by atoms with Crippen molar-refractivity contribution in [1.82, 2.24) is 15.3 Å². The van der Waals surface area contributed by atoms with E-state index in [1.807, 2.05) is 68.4 Å². The number of nitrogens with one attached hydrogen (secondary N) is 2. The van der Waals surface area contributed by atoms with Crippen molar-refractivity contribution in [3.63, 3.8) is 0 Å². The van der Waals surface area contributed by atoms with Gasteiger partial charge in [-0.3, -0.25) is 4.79 Å². The van der Waals surface area contributed by atoms with Crippen LogP contribution in [0, 0.1) is 6.92 Å². The standard InChI is InChI=1S/C20H20N4O/c1-14-8-10-17(11-9-14)24-19-12-18(21-13-22-19)20(25)23-15(2)16-6-4-3-5-7-16/h3-13,15H,1-2H3,(H,23,25)(H,21,22,24). The van der Waals surface area contributed by atoms with Crippen molar-refractivity contribution in [2.24, 2.45) is 0 Å². The Morgan fingerprint density at radius 1 is 1.00 bits per heavy atom. The Balaban J connectivity index is 1.70. The molecule has 1 heterocycles. The molecular formula is C20H20N4O. The Labute approximate surface area is 147 Å². The number of aryl methyl sites for hydroxylation is 1. The minimum Gasteiger partial charge on any atom is -0.344 e. The molecule has 0 radical (unpaired) electrons. The van der Waals surface area contributed by atoms with Crippen LogP contribution in [-0.4, -0.2) is 15.9 Å². The van der Waals surface area contributed by atoms with E-state index in [9.17, 15) is 4.79 Å². The highest BCUT2D eigenvalue weighted by Gasteiger charge is 2.13. The first kappa shape index (κ1) is 16.6. The van der Waals surface area contributed by atoms with Gasteiger partial charge in [0.25, 0.3) is 5.91 Å². The van der Waals surface area contributed by atoms with E-state index < -0.39 is 0 Å². The lowest BCUT2D eigenvalue weighted by atomic mass is 10.1. The molecule has 3 aromatic rings. The summed E-state index contributed by atoms with van der Waals surface area (Å²) in [7, 11) is 0. The highest BCUT2D eigenvalue weighted by molar-refractivity contribution is 5.93. The third-order valence-corrected chi connectivity index (χ3v) is 3.87. The number of carbonyl (C=O) groups excluding carboxylic acids is 1. The van der Waals surface area contributed by atoms with Crippen molar-refractivity contribution in [1.29, 1.82) is 0 Å². The molecule has 0 saturated carbocycles. The molecule has 0 aliphatic heterocycles. The van der Waals surface area contributed by atoms with E-state index in [-0.39, 0.29) is 11.9 Å². The molecule has 25 heavy (non-hydrogen) atoms. The van der Waals surface area contributed by atoms with Gasteiger partial charge in [0.15, 0.2) is 0 Å². The summed E-state index contributed by atoms with van der Waals surface area (Å²) in [5.74, 6) is 0.349. The fraction of sp³-hybridized carbons (Fsp3) is 0.150. The van der Waals surface area contributed by atoms with Crippen molar-refractivity contribution < 1.29 is 4.79 Å². The summed E-state index contributed by atoms with van der Waals surface area (Å²) in [5, 5.41) is 6.13. The van der Waals surface area contributed by atoms with E-state index >= 15 is 0 Å². The minimum atomic E-state index is -0.231. The molecule has 5 nitrogen and oxygen atoms in total. The Hall–Kier alpha value is -3.21. The van der Waals surface area contributed by atoms with Gasteiger partial charge in [-0.25, -0.2) is 9.97 Å². The second kappa shape index (κ2) is 7.57. The zero-order valence-electron chi connectivity index (χ0n) is 14.2. The number of amides is 1. The van der Waals surface area contributed by atoms with Crippen molar-refractivity contribution in [3.05, 3.63) is 83.8 Å². The third kappa shape index (κ3) is 4.41. The number of rotatable bonds is 5. The van der Waals surface area contributed by atoms with Crippen molar-refractivity contribution in [2.45, 2.75) is 19.9 Å². The SMILES string of the molecule is Cc1ccc(Nc2cc(C(=O)NC(C)c3ccccc3)ncn2)cc1. The maximum Gasteiger partial charge on any atom is 0.270 e. The molecule has 126 valence electrons. The number of benzene rings is 2. The number of aromatic nitrogens is 2. The molecule has 2 N–H and O–H groups in total. The summed E-state index contributed by atoms with van der Waals surface area (Å²) < 4.78 is 0. The maximum atomic E-state index is 12.4. The average molecular weight is 332 g/mol. The number of nitrogens with zero attached hydrogens (tertiary/aromatic N) is 2. The van der Waals surface area contributed by atoms with Gasteiger partial charge in [-0.2, -0.15) is 0 Å². The van der Waals surface area contributed by atoms with Crippen LogP contribution in [0.15, 0.2) is 67.0 Å². The normalized spacial score (nSPS) is 11.6. The highest BCUT2D eigenvalue weighted by atomic mass is 16.1. The first-order chi connectivity index (χ1) is 12.1. The number of hydrogen-bond donors (Lipinski definition) is 2. The molecule has 2 aromatic carbocycles. The van der Waals surface area contributed by atoms with Crippen LogP contribution in [0.1, 0.15) is 34.6 Å². The van der Waals surface area contributed by atoms with Crippen molar-refractivity contribution in [3.8, 4) is 0 Å². The van der Waals surface area contributed by atoms with Crippen LogP contribution in [0.5, 0.6) is 0 Å². The lowest BCUT2D eigenvalue weighted by Gasteiger charge is -2.14. The Morgan fingerprint density at radius 2 is 1.72 bits per heavy atom. The van der Waals surface area contributed by atoms with E-state index in [1.54, 1.807) is 6.07 Å². The highest BCUT2D eigenvalue weighted by Crippen LogP contribution is 2.16. The van der Waals surface area contributed by atoms with Gasteiger partial charge in [0.1, 0.15) is 17.8 Å². The number of anilines is 2. The fourth-order valence-electron chi connectivity index (χ4n) is 2.43. The predicted octanol–water partition coefficient (Wildman–Crippen LogP) is 4.02. The van der Waals surface area contributed by atoms with E-state index in [4.69, 9.17) is 0 Å². The van der Waals surface area contributed by atoms with Crippen LogP contribution >= 0.6 is 0 Å². The summed E-state index contributed by atoms with van der Waals surface area (Å²) in [6.45, 7) is 3.98. The van der Waals surface area contributed by atoms with Gasteiger partial charge >= 0.3 is 0 Å². The summed E-state index contributed by atoms with van der Waals surface area (Å²) in [4.78, 5) is 20.7. The van der Waals surface area contributed by atoms with Gasteiger partial charge in [0.2, 0.25) is 0 Å². The number of hydrogen-bond acceptors (Lipinski definition) is 4. The number of carbonyl (C=O) groups is 1. The molecule has 0 bridgehead atoms. The average Bonchev–Trinajstić information content (AvgIpc) is 2.64. The van der Waals surface area contributed by atoms with Gasteiger partial charge in [-0.1, -0.05) is 48.0 Å². The summed E-state index contributed by atoms with van der Waals surface area (Å²) in [6.07, 6.45) is 1.39. The summed E-state index contributed by atoms with van der Waals surface area (Å²) >= 11 is 0. The Morgan fingerprint density at radius 3 is 2.44 bits per heavy atom. The monoisotopic (exact) mass is 332 g/mol. The van der Waals surface area contributed by atoms with Gasteiger partial charge < -0.3 is 10.6 Å². The topological polar surface area (TPSA) is 66.9 Å². The smallest absolute Gasteiger partial charge is 0.270 e. The van der Waals surface area contributed by atoms with Crippen LogP contribution in [0.25, 0.3) is 0 Å². The van der Waals surface area contributed by atoms with Gasteiger partial charge in [0, 0.05) is 11.8 Å². The van der Waals surface area contributed by atoms with E-state index in [0.717, 1.165) is 11.3 Å². The molecule has 1 amide bonds. The summed E-state index contributed by atoms with van der Waals surface area (Å²) in [6, 6.07) is 19.3. The quantitative estimate of drug-likeness (QED) is 0.740. The molecular weight excluding hydrogens is 312 g/mol. The molecule has 5 heteroatoms. The van der Waals surface area contributed by atoms with E-state index in [0.29, 0.717) is 11.5 Å². The first-order valence-corrected chi connectivity index (χ1v) is 8.13. The maximum absolute atomic E-state index is 12.4. The first-order valence-electron chi connectivity index (χ1n) is 8.13. The molecule has 0 aliphatic carbocycles. The lowest BCUT2D eigenvalue weighted by molar-refractivity contribution is 0.0934. The van der Waals surface area contributed by atoms with Crippen LogP contribution < -0.4 is 10.6 Å². The van der Waals surface area contributed by atoms with E-state index in [2.05, 4.69) is 20.6 Å². The minimum absolute atomic E-state index is 0.0998. The van der Waals surface area contributed by atoms with Crippen LogP contribution in [-0.2, 0) is 0 Å². The Kier molecular flexibility index (Phi) is 5.04. The molecule has 1 unspecified atom stereocenters. The molecule has 0 fully saturated rings. The van der Waals surface area contributed by atoms with Crippen LogP contribution in [0.3, 0.4) is 0 Å². The molecule has 3 rings (SSSR count). The largest absolute Gasteiger partial charge is 0.344 e.